The van der Waals surface area contributed by atoms with Gasteiger partial charge in [-0.15, -0.1) is 0 Å². The molecule has 1 nitrogen and oxygen atoms in total. The molecule has 0 aliphatic heterocycles. The van der Waals surface area contributed by atoms with Crippen LogP contribution in [-0.2, 0) is 0 Å². The third kappa shape index (κ3) is 2.04. The van der Waals surface area contributed by atoms with E-state index in [0.29, 0.717) is 0 Å². The molecule has 0 saturated heterocycles. The Labute approximate surface area is 78.5 Å². The third-order valence-corrected chi connectivity index (χ3v) is 1.88. The summed E-state index contributed by atoms with van der Waals surface area (Å²) in [5, 5.41) is 0. The fourth-order valence-electron chi connectivity index (χ4n) is 1.10. The maximum Gasteiger partial charge on any atom is 0.194 e. The van der Waals surface area contributed by atoms with Gasteiger partial charge in [-0.1, -0.05) is 6.07 Å². The summed E-state index contributed by atoms with van der Waals surface area (Å²) in [7, 11) is 0. The lowest BCUT2D eigenvalue weighted by Crippen LogP contribution is -2.14. The maximum absolute atomic E-state index is 13.0. The van der Waals surface area contributed by atoms with Crippen molar-refractivity contribution in [2.45, 2.75) is 12.5 Å². The Kier molecular flexibility index (Phi) is 3.46. The van der Waals surface area contributed by atoms with Crippen molar-refractivity contribution in [1.82, 2.24) is 0 Å². The molecule has 0 aromatic heterocycles. The van der Waals surface area contributed by atoms with E-state index >= 15 is 0 Å². The average Bonchev–Trinajstić information content (AvgIpc) is 2.15. The normalized spacial score (nSPS) is 12.9. The van der Waals surface area contributed by atoms with Crippen LogP contribution in [-0.4, -0.2) is 6.67 Å². The molecule has 0 saturated carbocycles. The predicted octanol–water partition coefficient (Wildman–Crippen LogP) is 2.46. The van der Waals surface area contributed by atoms with Crippen LogP contribution in [0, 0.1) is 17.5 Å². The van der Waals surface area contributed by atoms with E-state index in [1.165, 1.54) is 0 Å². The van der Waals surface area contributed by atoms with Crippen LogP contribution in [0.1, 0.15) is 18.0 Å². The van der Waals surface area contributed by atoms with Gasteiger partial charge in [-0.3, -0.25) is 4.39 Å². The lowest BCUT2D eigenvalue weighted by Gasteiger charge is -2.11. The van der Waals surface area contributed by atoms with Crippen molar-refractivity contribution < 1.29 is 17.6 Å². The SMILES string of the molecule is N[C@H](CCF)c1ccc(F)c(F)c1F. The number of hydrogen-bond acceptors (Lipinski definition) is 1. The molecule has 2 N–H and O–H groups in total. The van der Waals surface area contributed by atoms with Crippen LogP contribution in [0.3, 0.4) is 0 Å². The van der Waals surface area contributed by atoms with Gasteiger partial charge >= 0.3 is 0 Å². The summed E-state index contributed by atoms with van der Waals surface area (Å²) in [6.07, 6.45) is -0.123. The zero-order valence-electron chi connectivity index (χ0n) is 7.24. The minimum atomic E-state index is -1.57. The Morgan fingerprint density at radius 2 is 1.79 bits per heavy atom. The highest BCUT2D eigenvalue weighted by Crippen LogP contribution is 2.21. The van der Waals surface area contributed by atoms with Crippen molar-refractivity contribution in [2.24, 2.45) is 5.73 Å². The molecular formula is C9H9F4N. The van der Waals surface area contributed by atoms with Gasteiger partial charge in [0.1, 0.15) is 0 Å². The van der Waals surface area contributed by atoms with Crippen molar-refractivity contribution in [2.75, 3.05) is 6.67 Å². The Bertz CT molecular complexity index is 327. The molecule has 14 heavy (non-hydrogen) atoms. The van der Waals surface area contributed by atoms with Gasteiger partial charge in [0, 0.05) is 11.6 Å². The van der Waals surface area contributed by atoms with Gasteiger partial charge in [-0.2, -0.15) is 0 Å². The molecule has 0 bridgehead atoms. The summed E-state index contributed by atoms with van der Waals surface area (Å²) in [5.74, 6) is -4.19. The Morgan fingerprint density at radius 3 is 2.36 bits per heavy atom. The van der Waals surface area contributed by atoms with Crippen molar-refractivity contribution in [3.8, 4) is 0 Å². The molecule has 1 aromatic rings. The van der Waals surface area contributed by atoms with Gasteiger partial charge in [-0.25, -0.2) is 13.2 Å². The summed E-state index contributed by atoms with van der Waals surface area (Å²) in [6, 6.07) is 0.843. The standard InChI is InChI=1S/C9H9F4N/c10-4-3-7(14)5-1-2-6(11)9(13)8(5)12/h1-2,7H,3-4,14H2/t7-/m1/s1. The first kappa shape index (κ1) is 11.0. The summed E-state index contributed by atoms with van der Waals surface area (Å²) in [6.45, 7) is -0.737. The van der Waals surface area contributed by atoms with E-state index in [4.69, 9.17) is 5.73 Å². The molecule has 0 aliphatic rings. The fourth-order valence-corrected chi connectivity index (χ4v) is 1.10. The molecule has 0 unspecified atom stereocenters. The lowest BCUT2D eigenvalue weighted by atomic mass is 10.0. The molecule has 1 rings (SSSR count). The van der Waals surface area contributed by atoms with Crippen LogP contribution in [0.2, 0.25) is 0 Å². The number of nitrogens with two attached hydrogens (primary N) is 1. The first-order chi connectivity index (χ1) is 6.57. The van der Waals surface area contributed by atoms with E-state index in [0.717, 1.165) is 12.1 Å². The van der Waals surface area contributed by atoms with Crippen LogP contribution in [0.25, 0.3) is 0 Å². The van der Waals surface area contributed by atoms with E-state index in [1.54, 1.807) is 0 Å². The number of hydrogen-bond donors (Lipinski definition) is 1. The predicted molar refractivity (Wildman–Crippen MR) is 43.8 cm³/mol. The van der Waals surface area contributed by atoms with E-state index in [2.05, 4.69) is 0 Å². The minimum Gasteiger partial charge on any atom is -0.324 e. The average molecular weight is 207 g/mol. The first-order valence-corrected chi connectivity index (χ1v) is 4.03. The molecule has 0 radical (unpaired) electrons. The zero-order chi connectivity index (χ0) is 10.7. The number of halogens is 4. The summed E-state index contributed by atoms with van der Waals surface area (Å²) in [4.78, 5) is 0. The summed E-state index contributed by atoms with van der Waals surface area (Å²) >= 11 is 0. The van der Waals surface area contributed by atoms with Gasteiger partial charge < -0.3 is 5.73 Å². The largest absolute Gasteiger partial charge is 0.324 e. The number of rotatable bonds is 3. The molecule has 0 amide bonds. The molecule has 1 aromatic carbocycles. The molecule has 0 heterocycles. The molecule has 0 aliphatic carbocycles. The lowest BCUT2D eigenvalue weighted by molar-refractivity contribution is 0.413. The van der Waals surface area contributed by atoms with Crippen molar-refractivity contribution in [1.29, 1.82) is 0 Å². The molecule has 0 spiro atoms. The fraction of sp³-hybridized carbons (Fsp3) is 0.333. The number of alkyl halides is 1. The van der Waals surface area contributed by atoms with E-state index in [9.17, 15) is 17.6 Å². The van der Waals surface area contributed by atoms with Gasteiger partial charge in [0.2, 0.25) is 0 Å². The third-order valence-electron chi connectivity index (χ3n) is 1.88. The van der Waals surface area contributed by atoms with Gasteiger partial charge in [-0.05, 0) is 12.5 Å². The summed E-state index contributed by atoms with van der Waals surface area (Å²) in [5.41, 5.74) is 5.15. The second kappa shape index (κ2) is 4.41. The van der Waals surface area contributed by atoms with Crippen LogP contribution in [0.15, 0.2) is 12.1 Å². The van der Waals surface area contributed by atoms with Crippen LogP contribution < -0.4 is 5.73 Å². The quantitative estimate of drug-likeness (QED) is 0.598. The molecule has 78 valence electrons. The highest BCUT2D eigenvalue weighted by atomic mass is 19.2. The van der Waals surface area contributed by atoms with Crippen molar-refractivity contribution in [3.05, 3.63) is 35.1 Å². The van der Waals surface area contributed by atoms with Crippen LogP contribution in [0.5, 0.6) is 0 Å². The van der Waals surface area contributed by atoms with E-state index < -0.39 is 30.2 Å². The van der Waals surface area contributed by atoms with Gasteiger partial charge in [0.05, 0.1) is 6.67 Å². The first-order valence-electron chi connectivity index (χ1n) is 4.03. The highest BCUT2D eigenvalue weighted by Gasteiger charge is 2.17. The Balaban J connectivity index is 3.04. The van der Waals surface area contributed by atoms with E-state index in [1.807, 2.05) is 0 Å². The van der Waals surface area contributed by atoms with Gasteiger partial charge in [0.25, 0.3) is 0 Å². The number of benzene rings is 1. The Hall–Kier alpha value is -1.10. The maximum atomic E-state index is 13.0. The van der Waals surface area contributed by atoms with E-state index in [-0.39, 0.29) is 12.0 Å². The van der Waals surface area contributed by atoms with Crippen LogP contribution in [0.4, 0.5) is 17.6 Å². The Morgan fingerprint density at radius 1 is 1.14 bits per heavy atom. The van der Waals surface area contributed by atoms with Crippen molar-refractivity contribution in [3.63, 3.8) is 0 Å². The molecular weight excluding hydrogens is 198 g/mol. The second-order valence-electron chi connectivity index (χ2n) is 2.85. The second-order valence-corrected chi connectivity index (χ2v) is 2.85. The molecule has 0 fully saturated rings. The zero-order valence-corrected chi connectivity index (χ0v) is 7.24. The molecule has 1 atom stereocenters. The highest BCUT2D eigenvalue weighted by molar-refractivity contribution is 5.23. The topological polar surface area (TPSA) is 26.0 Å². The van der Waals surface area contributed by atoms with Crippen molar-refractivity contribution >= 4 is 0 Å². The monoisotopic (exact) mass is 207 g/mol. The minimum absolute atomic E-state index is 0.123. The van der Waals surface area contributed by atoms with Gasteiger partial charge in [0.15, 0.2) is 17.5 Å². The van der Waals surface area contributed by atoms with Crippen LogP contribution >= 0.6 is 0 Å². The smallest absolute Gasteiger partial charge is 0.194 e. The summed E-state index contributed by atoms with van der Waals surface area (Å²) < 4.78 is 50.1. The molecule has 5 heteroatoms.